The molecule has 27 heavy (non-hydrogen) atoms. The van der Waals surface area contributed by atoms with E-state index >= 15 is 0 Å². The molecule has 0 radical (unpaired) electrons. The second-order valence-electron chi connectivity index (χ2n) is 6.67. The van der Waals surface area contributed by atoms with Crippen LogP contribution in [-0.2, 0) is 9.59 Å². The molecule has 1 aromatic carbocycles. The number of amides is 1. The van der Waals surface area contributed by atoms with Crippen molar-refractivity contribution in [1.82, 2.24) is 4.90 Å². The van der Waals surface area contributed by atoms with Gasteiger partial charge in [0.15, 0.2) is 0 Å². The fourth-order valence-corrected chi connectivity index (χ4v) is 4.39. The van der Waals surface area contributed by atoms with Crippen LogP contribution in [0.2, 0.25) is 0 Å². The van der Waals surface area contributed by atoms with E-state index in [2.05, 4.69) is 6.92 Å². The second-order valence-corrected chi connectivity index (χ2v) is 7.62. The quantitative estimate of drug-likeness (QED) is 0.335. The van der Waals surface area contributed by atoms with Gasteiger partial charge in [-0.05, 0) is 54.6 Å². The van der Waals surface area contributed by atoms with E-state index in [1.165, 1.54) is 35.6 Å². The SMILES string of the molecule is CCCCCN1C(=O)C(=O)/C(=C(\O)c2ccc(F)cc2)C1c1sccc1C. The lowest BCUT2D eigenvalue weighted by Gasteiger charge is -2.24. The van der Waals surface area contributed by atoms with Crippen molar-refractivity contribution in [3.63, 3.8) is 0 Å². The molecule has 2 heterocycles. The van der Waals surface area contributed by atoms with Crippen molar-refractivity contribution in [2.75, 3.05) is 6.54 Å². The Morgan fingerprint density at radius 2 is 1.89 bits per heavy atom. The molecule has 6 heteroatoms. The molecule has 1 atom stereocenters. The molecule has 1 unspecified atom stereocenters. The minimum atomic E-state index is -0.689. The highest BCUT2D eigenvalue weighted by molar-refractivity contribution is 7.10. The van der Waals surface area contributed by atoms with E-state index in [0.29, 0.717) is 12.1 Å². The molecule has 0 bridgehead atoms. The van der Waals surface area contributed by atoms with Crippen LogP contribution in [0, 0.1) is 12.7 Å². The number of likely N-dealkylation sites (tertiary alicyclic amines) is 1. The van der Waals surface area contributed by atoms with Gasteiger partial charge in [-0.15, -0.1) is 11.3 Å². The number of halogens is 1. The molecule has 1 aliphatic rings. The summed E-state index contributed by atoms with van der Waals surface area (Å²) in [5, 5.41) is 12.7. The lowest BCUT2D eigenvalue weighted by atomic mass is 9.98. The maximum atomic E-state index is 13.2. The first-order valence-electron chi connectivity index (χ1n) is 9.04. The van der Waals surface area contributed by atoms with Gasteiger partial charge in [0, 0.05) is 17.0 Å². The van der Waals surface area contributed by atoms with Gasteiger partial charge in [-0.3, -0.25) is 9.59 Å². The predicted molar refractivity (Wildman–Crippen MR) is 104 cm³/mol. The van der Waals surface area contributed by atoms with E-state index in [4.69, 9.17) is 0 Å². The third-order valence-corrected chi connectivity index (χ3v) is 5.88. The first-order valence-corrected chi connectivity index (χ1v) is 9.92. The van der Waals surface area contributed by atoms with Crippen LogP contribution in [-0.4, -0.2) is 28.2 Å². The van der Waals surface area contributed by atoms with Crippen LogP contribution < -0.4 is 0 Å². The molecule has 1 saturated heterocycles. The number of Topliss-reactive ketones (excluding diaryl/α,β-unsaturated/α-hetero) is 1. The first kappa shape index (κ1) is 19.3. The minimum absolute atomic E-state index is 0.0775. The predicted octanol–water partition coefficient (Wildman–Crippen LogP) is 4.81. The van der Waals surface area contributed by atoms with Gasteiger partial charge in [-0.25, -0.2) is 4.39 Å². The summed E-state index contributed by atoms with van der Waals surface area (Å²) in [7, 11) is 0. The van der Waals surface area contributed by atoms with Gasteiger partial charge >= 0.3 is 0 Å². The van der Waals surface area contributed by atoms with Crippen LogP contribution in [0.1, 0.15) is 48.2 Å². The van der Waals surface area contributed by atoms with E-state index in [-0.39, 0.29) is 11.3 Å². The number of hydrogen-bond donors (Lipinski definition) is 1. The van der Waals surface area contributed by atoms with Gasteiger partial charge < -0.3 is 10.0 Å². The van der Waals surface area contributed by atoms with Crippen molar-refractivity contribution in [3.8, 4) is 0 Å². The molecule has 1 N–H and O–H groups in total. The number of unbranched alkanes of at least 4 members (excludes halogenated alkanes) is 2. The Kier molecular flexibility index (Phi) is 5.75. The van der Waals surface area contributed by atoms with E-state index in [1.54, 1.807) is 4.90 Å². The van der Waals surface area contributed by atoms with Crippen LogP contribution >= 0.6 is 11.3 Å². The van der Waals surface area contributed by atoms with Crippen molar-refractivity contribution in [2.45, 2.75) is 39.2 Å². The number of rotatable bonds is 6. The summed E-state index contributed by atoms with van der Waals surface area (Å²) in [4.78, 5) is 27.9. The number of aliphatic hydroxyl groups is 1. The van der Waals surface area contributed by atoms with Crippen LogP contribution in [0.25, 0.3) is 5.76 Å². The Hall–Kier alpha value is -2.47. The maximum Gasteiger partial charge on any atom is 0.295 e. The molecule has 1 fully saturated rings. The highest BCUT2D eigenvalue weighted by Crippen LogP contribution is 2.42. The van der Waals surface area contributed by atoms with Crippen molar-refractivity contribution in [2.24, 2.45) is 0 Å². The molecule has 142 valence electrons. The summed E-state index contributed by atoms with van der Waals surface area (Å²) < 4.78 is 13.2. The third kappa shape index (κ3) is 3.67. The van der Waals surface area contributed by atoms with Crippen LogP contribution in [0.5, 0.6) is 0 Å². The summed E-state index contributed by atoms with van der Waals surface area (Å²) in [5.74, 6) is -1.97. The number of carbonyl (C=O) groups is 2. The van der Waals surface area contributed by atoms with Gasteiger partial charge in [0.05, 0.1) is 11.6 Å². The lowest BCUT2D eigenvalue weighted by Crippen LogP contribution is -2.30. The van der Waals surface area contributed by atoms with Crippen molar-refractivity contribution in [1.29, 1.82) is 0 Å². The van der Waals surface area contributed by atoms with Crippen LogP contribution in [0.4, 0.5) is 4.39 Å². The van der Waals surface area contributed by atoms with E-state index < -0.39 is 23.5 Å². The normalized spacial score (nSPS) is 19.1. The van der Waals surface area contributed by atoms with E-state index in [9.17, 15) is 19.1 Å². The second kappa shape index (κ2) is 8.05. The topological polar surface area (TPSA) is 57.6 Å². The first-order chi connectivity index (χ1) is 13.0. The molecule has 3 rings (SSSR count). The highest BCUT2D eigenvalue weighted by Gasteiger charge is 2.46. The molecular formula is C21H22FNO3S. The van der Waals surface area contributed by atoms with Gasteiger partial charge in [0.25, 0.3) is 11.7 Å². The lowest BCUT2D eigenvalue weighted by molar-refractivity contribution is -0.139. The fourth-order valence-electron chi connectivity index (χ4n) is 3.34. The Bertz CT molecular complexity index is 885. The number of hydrogen-bond acceptors (Lipinski definition) is 4. The Morgan fingerprint density at radius 3 is 2.48 bits per heavy atom. The third-order valence-electron chi connectivity index (χ3n) is 4.81. The number of carbonyl (C=O) groups excluding carboxylic acids is 2. The van der Waals surface area contributed by atoms with E-state index in [1.807, 2.05) is 18.4 Å². The van der Waals surface area contributed by atoms with Crippen molar-refractivity contribution < 1.29 is 19.1 Å². The maximum absolute atomic E-state index is 13.2. The average Bonchev–Trinajstić information content (AvgIpc) is 3.18. The van der Waals surface area contributed by atoms with Gasteiger partial charge in [-0.1, -0.05) is 19.8 Å². The largest absolute Gasteiger partial charge is 0.507 e. The Balaban J connectivity index is 2.10. The minimum Gasteiger partial charge on any atom is -0.507 e. The fraction of sp³-hybridized carbons (Fsp3) is 0.333. The summed E-state index contributed by atoms with van der Waals surface area (Å²) in [5.41, 5.74) is 1.37. The Morgan fingerprint density at radius 1 is 1.19 bits per heavy atom. The number of thiophene rings is 1. The molecule has 1 amide bonds. The molecule has 0 aliphatic carbocycles. The van der Waals surface area contributed by atoms with Gasteiger partial charge in [0.1, 0.15) is 11.6 Å². The number of aliphatic hydroxyl groups excluding tert-OH is 1. The van der Waals surface area contributed by atoms with Gasteiger partial charge in [-0.2, -0.15) is 0 Å². The molecular weight excluding hydrogens is 365 g/mol. The summed E-state index contributed by atoms with van der Waals surface area (Å²) >= 11 is 1.46. The summed E-state index contributed by atoms with van der Waals surface area (Å²) in [6.07, 6.45) is 2.75. The zero-order chi connectivity index (χ0) is 19.6. The summed E-state index contributed by atoms with van der Waals surface area (Å²) in [6.45, 7) is 4.46. The standard InChI is InChI=1S/C21H22FNO3S/c1-3-4-5-11-23-17(20-13(2)10-12-27-20)16(19(25)21(23)26)18(24)14-6-8-15(22)9-7-14/h6-10,12,17,24H,3-5,11H2,1-2H3/b18-16-. The highest BCUT2D eigenvalue weighted by atomic mass is 32.1. The number of aryl methyl sites for hydroxylation is 1. The number of nitrogens with zero attached hydrogens (tertiary/aromatic N) is 1. The van der Waals surface area contributed by atoms with Crippen molar-refractivity contribution >= 4 is 28.8 Å². The zero-order valence-corrected chi connectivity index (χ0v) is 16.2. The van der Waals surface area contributed by atoms with E-state index in [0.717, 1.165) is 29.7 Å². The molecule has 0 spiro atoms. The average molecular weight is 387 g/mol. The van der Waals surface area contributed by atoms with Crippen LogP contribution in [0.15, 0.2) is 41.3 Å². The Labute approximate surface area is 161 Å². The van der Waals surface area contributed by atoms with Gasteiger partial charge in [0.2, 0.25) is 0 Å². The molecule has 0 saturated carbocycles. The molecule has 1 aliphatic heterocycles. The molecule has 2 aromatic rings. The zero-order valence-electron chi connectivity index (χ0n) is 15.4. The smallest absolute Gasteiger partial charge is 0.295 e. The molecule has 1 aromatic heterocycles. The summed E-state index contributed by atoms with van der Waals surface area (Å²) in [6, 6.07) is 6.59. The van der Waals surface area contributed by atoms with Crippen molar-refractivity contribution in [3.05, 3.63) is 63.1 Å². The van der Waals surface area contributed by atoms with Crippen LogP contribution in [0.3, 0.4) is 0 Å². The number of ketones is 1. The molecule has 4 nitrogen and oxygen atoms in total. The number of benzene rings is 1. The monoisotopic (exact) mass is 387 g/mol.